The van der Waals surface area contributed by atoms with Crippen molar-refractivity contribution in [1.29, 1.82) is 0 Å². The molecule has 0 unspecified atom stereocenters. The molecular formula is C16H19ClN8. The van der Waals surface area contributed by atoms with Gasteiger partial charge in [0.1, 0.15) is 10.8 Å². The molecule has 0 spiro atoms. The summed E-state index contributed by atoms with van der Waals surface area (Å²) >= 11 is 6.25. The summed E-state index contributed by atoms with van der Waals surface area (Å²) in [5.41, 5.74) is 1.61. The predicted molar refractivity (Wildman–Crippen MR) is 97.6 cm³/mol. The summed E-state index contributed by atoms with van der Waals surface area (Å²) in [5.74, 6) is 1.88. The first-order valence-corrected chi connectivity index (χ1v) is 8.65. The number of rotatable bonds is 4. The molecule has 0 amide bonds. The van der Waals surface area contributed by atoms with Crippen molar-refractivity contribution < 1.29 is 0 Å². The van der Waals surface area contributed by atoms with E-state index in [4.69, 9.17) is 11.6 Å². The highest BCUT2D eigenvalue weighted by Crippen LogP contribution is 2.23. The minimum absolute atomic E-state index is 0.372. The van der Waals surface area contributed by atoms with Gasteiger partial charge < -0.3 is 16.0 Å². The molecule has 0 bridgehead atoms. The average molecular weight is 359 g/mol. The van der Waals surface area contributed by atoms with Crippen molar-refractivity contribution in [3.63, 3.8) is 0 Å². The maximum absolute atomic E-state index is 6.25. The predicted octanol–water partition coefficient (Wildman–Crippen LogP) is 2.39. The Labute approximate surface area is 150 Å². The lowest BCUT2D eigenvalue weighted by Gasteiger charge is -2.24. The van der Waals surface area contributed by atoms with Crippen LogP contribution in [-0.2, 0) is 0 Å². The van der Waals surface area contributed by atoms with Gasteiger partial charge >= 0.3 is 0 Å². The Hall–Kier alpha value is -2.45. The quantitative estimate of drug-likeness (QED) is 0.659. The lowest BCUT2D eigenvalue weighted by atomic mass is 10.1. The molecule has 9 heteroatoms. The van der Waals surface area contributed by atoms with Crippen LogP contribution in [0.5, 0.6) is 0 Å². The van der Waals surface area contributed by atoms with Crippen LogP contribution in [0.4, 0.5) is 17.5 Å². The van der Waals surface area contributed by atoms with E-state index in [1.54, 1.807) is 10.7 Å². The molecule has 4 heterocycles. The minimum atomic E-state index is 0.372. The number of pyridine rings is 1. The number of hydrogen-bond acceptors (Lipinski definition) is 7. The molecule has 1 aliphatic rings. The van der Waals surface area contributed by atoms with Crippen LogP contribution in [0, 0.1) is 6.92 Å². The first-order valence-electron chi connectivity index (χ1n) is 8.27. The Morgan fingerprint density at radius 3 is 2.96 bits per heavy atom. The third-order valence-electron chi connectivity index (χ3n) is 4.12. The van der Waals surface area contributed by atoms with E-state index >= 15 is 0 Å². The standard InChI is InChI=1S/C16H19ClN8/c1-10-20-14-8-12(4-7-25(14)24-10)22-16-19-9-13(17)15(23-16)21-11-2-5-18-6-3-11/h4,7-9,11,18H,2-3,5-6H2,1H3,(H2,19,21,22,23). The summed E-state index contributed by atoms with van der Waals surface area (Å²) in [6, 6.07) is 4.17. The first-order chi connectivity index (χ1) is 12.2. The number of aromatic nitrogens is 5. The van der Waals surface area contributed by atoms with Gasteiger partial charge in [-0.3, -0.25) is 0 Å². The van der Waals surface area contributed by atoms with E-state index in [1.807, 2.05) is 25.3 Å². The fourth-order valence-electron chi connectivity index (χ4n) is 2.89. The summed E-state index contributed by atoms with van der Waals surface area (Å²) < 4.78 is 1.73. The molecular weight excluding hydrogens is 340 g/mol. The fraction of sp³-hybridized carbons (Fsp3) is 0.375. The second kappa shape index (κ2) is 6.81. The van der Waals surface area contributed by atoms with Gasteiger partial charge in [-0.2, -0.15) is 10.1 Å². The molecule has 3 N–H and O–H groups in total. The van der Waals surface area contributed by atoms with E-state index in [0.29, 0.717) is 22.8 Å². The maximum Gasteiger partial charge on any atom is 0.229 e. The largest absolute Gasteiger partial charge is 0.366 e. The van der Waals surface area contributed by atoms with E-state index < -0.39 is 0 Å². The lowest BCUT2D eigenvalue weighted by Crippen LogP contribution is -2.35. The zero-order valence-electron chi connectivity index (χ0n) is 13.8. The summed E-state index contributed by atoms with van der Waals surface area (Å²) in [5, 5.41) is 14.7. The van der Waals surface area contributed by atoms with Gasteiger partial charge in [0.05, 0.1) is 6.20 Å². The Morgan fingerprint density at radius 2 is 2.12 bits per heavy atom. The third kappa shape index (κ3) is 3.64. The summed E-state index contributed by atoms with van der Waals surface area (Å²) in [6.07, 6.45) is 5.56. The molecule has 0 aliphatic carbocycles. The van der Waals surface area contributed by atoms with Crippen molar-refractivity contribution in [3.05, 3.63) is 35.4 Å². The van der Waals surface area contributed by atoms with Crippen LogP contribution >= 0.6 is 11.6 Å². The normalized spacial score (nSPS) is 15.4. The minimum Gasteiger partial charge on any atom is -0.366 e. The maximum atomic E-state index is 6.25. The molecule has 130 valence electrons. The van der Waals surface area contributed by atoms with Crippen LogP contribution in [0.25, 0.3) is 5.65 Å². The number of aryl methyl sites for hydroxylation is 1. The van der Waals surface area contributed by atoms with Gasteiger partial charge in [0.25, 0.3) is 0 Å². The zero-order chi connectivity index (χ0) is 17.2. The molecule has 0 saturated carbocycles. The molecule has 25 heavy (non-hydrogen) atoms. The number of fused-ring (bicyclic) bond motifs is 1. The van der Waals surface area contributed by atoms with E-state index in [0.717, 1.165) is 43.1 Å². The van der Waals surface area contributed by atoms with Crippen LogP contribution in [0.3, 0.4) is 0 Å². The van der Waals surface area contributed by atoms with Gasteiger partial charge in [-0.05, 0) is 38.9 Å². The van der Waals surface area contributed by atoms with Gasteiger partial charge in [0, 0.05) is 24.0 Å². The summed E-state index contributed by atoms with van der Waals surface area (Å²) in [4.78, 5) is 13.1. The lowest BCUT2D eigenvalue weighted by molar-refractivity contribution is 0.478. The molecule has 1 fully saturated rings. The number of halogens is 1. The highest BCUT2D eigenvalue weighted by atomic mass is 35.5. The highest BCUT2D eigenvalue weighted by Gasteiger charge is 2.15. The first kappa shape index (κ1) is 16.0. The van der Waals surface area contributed by atoms with Gasteiger partial charge in [0.15, 0.2) is 11.5 Å². The number of anilines is 3. The van der Waals surface area contributed by atoms with Gasteiger partial charge in [-0.25, -0.2) is 14.5 Å². The van der Waals surface area contributed by atoms with Crippen molar-refractivity contribution in [2.75, 3.05) is 23.7 Å². The summed E-state index contributed by atoms with van der Waals surface area (Å²) in [6.45, 7) is 3.87. The van der Waals surface area contributed by atoms with Crippen LogP contribution < -0.4 is 16.0 Å². The Bertz CT molecular complexity index is 887. The van der Waals surface area contributed by atoms with Gasteiger partial charge in [0.2, 0.25) is 5.95 Å². The molecule has 1 aliphatic heterocycles. The van der Waals surface area contributed by atoms with E-state index in [-0.39, 0.29) is 0 Å². The van der Waals surface area contributed by atoms with Crippen molar-refractivity contribution in [2.45, 2.75) is 25.8 Å². The van der Waals surface area contributed by atoms with Crippen LogP contribution in [0.15, 0.2) is 24.5 Å². The number of nitrogens with zero attached hydrogens (tertiary/aromatic N) is 5. The molecule has 4 rings (SSSR count). The molecule has 8 nitrogen and oxygen atoms in total. The zero-order valence-corrected chi connectivity index (χ0v) is 14.6. The Balaban J connectivity index is 1.53. The molecule has 3 aromatic rings. The van der Waals surface area contributed by atoms with E-state index in [2.05, 4.69) is 36.0 Å². The SMILES string of the molecule is Cc1nc2cc(Nc3ncc(Cl)c(NC4CCNCC4)n3)ccn2n1. The second-order valence-corrected chi connectivity index (χ2v) is 6.47. The number of hydrogen-bond donors (Lipinski definition) is 3. The van der Waals surface area contributed by atoms with Gasteiger partial charge in [-0.1, -0.05) is 11.6 Å². The molecule has 0 atom stereocenters. The van der Waals surface area contributed by atoms with Crippen LogP contribution in [0.1, 0.15) is 18.7 Å². The average Bonchev–Trinajstić information content (AvgIpc) is 2.98. The van der Waals surface area contributed by atoms with E-state index in [1.165, 1.54) is 0 Å². The van der Waals surface area contributed by atoms with Crippen molar-refractivity contribution in [2.24, 2.45) is 0 Å². The molecule has 1 saturated heterocycles. The fourth-order valence-corrected chi connectivity index (χ4v) is 3.03. The second-order valence-electron chi connectivity index (χ2n) is 6.06. The Morgan fingerprint density at radius 1 is 1.28 bits per heavy atom. The van der Waals surface area contributed by atoms with Crippen LogP contribution in [0.2, 0.25) is 5.02 Å². The van der Waals surface area contributed by atoms with E-state index in [9.17, 15) is 0 Å². The molecule has 0 aromatic carbocycles. The summed E-state index contributed by atoms with van der Waals surface area (Å²) in [7, 11) is 0. The number of piperidine rings is 1. The Kier molecular flexibility index (Phi) is 4.37. The highest BCUT2D eigenvalue weighted by molar-refractivity contribution is 6.32. The van der Waals surface area contributed by atoms with Crippen LogP contribution in [-0.4, -0.2) is 43.7 Å². The van der Waals surface area contributed by atoms with Crippen molar-refractivity contribution >= 4 is 34.7 Å². The third-order valence-corrected chi connectivity index (χ3v) is 4.40. The number of nitrogens with one attached hydrogen (secondary N) is 3. The molecule has 3 aromatic heterocycles. The molecule has 0 radical (unpaired) electrons. The van der Waals surface area contributed by atoms with Gasteiger partial charge in [-0.15, -0.1) is 0 Å². The van der Waals surface area contributed by atoms with Crippen molar-refractivity contribution in [3.8, 4) is 0 Å². The monoisotopic (exact) mass is 358 g/mol. The van der Waals surface area contributed by atoms with Crippen molar-refractivity contribution in [1.82, 2.24) is 29.9 Å². The topological polar surface area (TPSA) is 92.1 Å². The smallest absolute Gasteiger partial charge is 0.229 e.